The molecule has 168 valence electrons. The van der Waals surface area contributed by atoms with Crippen molar-refractivity contribution < 1.29 is 27.4 Å². The van der Waals surface area contributed by atoms with Crippen LogP contribution in [-0.2, 0) is 26.2 Å². The molecule has 9 heteroatoms. The quantitative estimate of drug-likeness (QED) is 0.637. The topological polar surface area (TPSA) is 106 Å². The van der Waals surface area contributed by atoms with Gasteiger partial charge in [0.05, 0.1) is 35.7 Å². The summed E-state index contributed by atoms with van der Waals surface area (Å²) in [7, 11) is -3.70. The van der Waals surface area contributed by atoms with E-state index in [4.69, 9.17) is 19.5 Å². The molecule has 1 fully saturated rings. The van der Waals surface area contributed by atoms with Gasteiger partial charge >= 0.3 is 5.97 Å². The smallest absolute Gasteiger partial charge is 0.309 e. The molecule has 2 aliphatic heterocycles. The molecule has 0 spiro atoms. The predicted molar refractivity (Wildman–Crippen MR) is 114 cm³/mol. The van der Waals surface area contributed by atoms with Gasteiger partial charge in [0, 0.05) is 25.6 Å². The average molecular weight is 457 g/mol. The molecule has 32 heavy (non-hydrogen) atoms. The number of esters is 1. The van der Waals surface area contributed by atoms with E-state index in [-0.39, 0.29) is 36.5 Å². The van der Waals surface area contributed by atoms with Gasteiger partial charge in [0.25, 0.3) is 0 Å². The van der Waals surface area contributed by atoms with E-state index in [9.17, 15) is 13.2 Å². The maximum atomic E-state index is 13.1. The molecule has 2 aromatic rings. The number of hydrogen-bond acceptors (Lipinski definition) is 7. The Kier molecular flexibility index (Phi) is 6.63. The van der Waals surface area contributed by atoms with E-state index in [1.54, 1.807) is 30.3 Å². The normalized spacial score (nSPS) is 17.2. The Hall–Kier alpha value is -3.09. The van der Waals surface area contributed by atoms with Crippen LogP contribution in [0.25, 0.3) is 0 Å². The van der Waals surface area contributed by atoms with Crippen molar-refractivity contribution in [1.29, 1.82) is 5.26 Å². The van der Waals surface area contributed by atoms with Crippen molar-refractivity contribution in [3.63, 3.8) is 0 Å². The van der Waals surface area contributed by atoms with Gasteiger partial charge in [-0.15, -0.1) is 0 Å². The van der Waals surface area contributed by atoms with E-state index in [2.05, 4.69) is 0 Å². The van der Waals surface area contributed by atoms with Gasteiger partial charge in [0.1, 0.15) is 6.61 Å². The van der Waals surface area contributed by atoms with Gasteiger partial charge in [-0.1, -0.05) is 12.1 Å². The number of sulfonamides is 1. The Morgan fingerprint density at radius 2 is 1.75 bits per heavy atom. The molecule has 0 N–H and O–H groups in total. The lowest BCUT2D eigenvalue weighted by atomic mass is 9.98. The number of rotatable bonds is 5. The lowest BCUT2D eigenvalue weighted by Gasteiger charge is -2.30. The zero-order valence-electron chi connectivity index (χ0n) is 17.5. The molecule has 0 aliphatic carbocycles. The van der Waals surface area contributed by atoms with Gasteiger partial charge in [-0.3, -0.25) is 4.79 Å². The van der Waals surface area contributed by atoms with E-state index < -0.39 is 10.0 Å². The molecule has 0 bridgehead atoms. The fraction of sp³-hybridized carbons (Fsp3) is 0.391. The van der Waals surface area contributed by atoms with Crippen LogP contribution < -0.4 is 9.47 Å². The number of benzene rings is 2. The van der Waals surface area contributed by atoms with Gasteiger partial charge < -0.3 is 14.2 Å². The van der Waals surface area contributed by atoms with Crippen LogP contribution in [0.4, 0.5) is 0 Å². The van der Waals surface area contributed by atoms with Crippen molar-refractivity contribution in [3.05, 3.63) is 53.6 Å². The second kappa shape index (κ2) is 9.59. The van der Waals surface area contributed by atoms with Gasteiger partial charge in [-0.25, -0.2) is 8.42 Å². The highest BCUT2D eigenvalue weighted by molar-refractivity contribution is 7.89. The van der Waals surface area contributed by atoms with E-state index in [0.29, 0.717) is 43.1 Å². The molecule has 8 nitrogen and oxygen atoms in total. The van der Waals surface area contributed by atoms with Gasteiger partial charge in [0.2, 0.25) is 10.0 Å². The van der Waals surface area contributed by atoms with Crippen molar-refractivity contribution in [1.82, 2.24) is 4.31 Å². The monoisotopic (exact) mass is 456 g/mol. The molecular weight excluding hydrogens is 432 g/mol. The lowest BCUT2D eigenvalue weighted by Crippen LogP contribution is -2.40. The molecule has 1 saturated heterocycles. The second-order valence-corrected chi connectivity index (χ2v) is 9.69. The average Bonchev–Trinajstić information content (AvgIpc) is 3.08. The number of piperidine rings is 1. The zero-order chi connectivity index (χ0) is 22.6. The number of carbonyl (C=O) groups excluding carboxylic acids is 1. The Labute approximate surface area is 187 Å². The molecule has 0 radical (unpaired) electrons. The van der Waals surface area contributed by atoms with Crippen LogP contribution in [0.15, 0.2) is 47.4 Å². The number of ether oxygens (including phenoxy) is 3. The standard InChI is InChI=1S/C23H24N2O6S/c24-15-17-2-4-18(5-3-17)16-31-23(26)19-8-10-25(11-9-19)32(27,28)20-6-7-21-22(14-20)30-13-1-12-29-21/h2-7,14,19H,1,8-13,16H2. The zero-order valence-corrected chi connectivity index (χ0v) is 18.3. The van der Waals surface area contributed by atoms with Crippen LogP contribution in [0.5, 0.6) is 11.5 Å². The number of fused-ring (bicyclic) bond motifs is 1. The summed E-state index contributed by atoms with van der Waals surface area (Å²) in [6.45, 7) is 1.63. The fourth-order valence-corrected chi connectivity index (χ4v) is 5.22. The third-order valence-corrected chi connectivity index (χ3v) is 7.50. The van der Waals surface area contributed by atoms with Crippen LogP contribution in [0, 0.1) is 17.2 Å². The molecular formula is C23H24N2O6S. The maximum absolute atomic E-state index is 13.1. The number of hydrogen-bond donors (Lipinski definition) is 0. The summed E-state index contributed by atoms with van der Waals surface area (Å²) < 4.78 is 44.2. The molecule has 0 saturated carbocycles. The van der Waals surface area contributed by atoms with Crippen molar-refractivity contribution in [2.24, 2.45) is 5.92 Å². The molecule has 4 rings (SSSR count). The van der Waals surface area contributed by atoms with Crippen LogP contribution in [0.3, 0.4) is 0 Å². The van der Waals surface area contributed by atoms with Gasteiger partial charge in [-0.05, 0) is 42.7 Å². The van der Waals surface area contributed by atoms with Gasteiger partial charge in [0.15, 0.2) is 11.5 Å². The summed E-state index contributed by atoms with van der Waals surface area (Å²) >= 11 is 0. The molecule has 0 amide bonds. The van der Waals surface area contributed by atoms with Crippen molar-refractivity contribution >= 4 is 16.0 Å². The highest BCUT2D eigenvalue weighted by Crippen LogP contribution is 2.34. The first-order chi connectivity index (χ1) is 15.5. The molecule has 2 aromatic carbocycles. The highest BCUT2D eigenvalue weighted by Gasteiger charge is 2.33. The van der Waals surface area contributed by atoms with Crippen molar-refractivity contribution in [2.75, 3.05) is 26.3 Å². The molecule has 0 unspecified atom stereocenters. The van der Waals surface area contributed by atoms with Crippen molar-refractivity contribution in [3.8, 4) is 17.6 Å². The Morgan fingerprint density at radius 3 is 2.44 bits per heavy atom. The van der Waals surface area contributed by atoms with Crippen LogP contribution in [0.1, 0.15) is 30.4 Å². The largest absolute Gasteiger partial charge is 0.490 e. The van der Waals surface area contributed by atoms with Crippen LogP contribution in [0.2, 0.25) is 0 Å². The third kappa shape index (κ3) is 4.87. The lowest BCUT2D eigenvalue weighted by molar-refractivity contribution is -0.151. The number of nitrogens with zero attached hydrogens (tertiary/aromatic N) is 2. The number of carbonyl (C=O) groups is 1. The summed E-state index contributed by atoms with van der Waals surface area (Å²) in [4.78, 5) is 12.6. The summed E-state index contributed by atoms with van der Waals surface area (Å²) in [5, 5.41) is 8.84. The SMILES string of the molecule is N#Cc1ccc(COC(=O)C2CCN(S(=O)(=O)c3ccc4c(c3)OCCCO4)CC2)cc1. The van der Waals surface area contributed by atoms with Gasteiger partial charge in [-0.2, -0.15) is 9.57 Å². The Balaban J connectivity index is 1.33. The Morgan fingerprint density at radius 1 is 1.06 bits per heavy atom. The first-order valence-electron chi connectivity index (χ1n) is 10.5. The van der Waals surface area contributed by atoms with E-state index >= 15 is 0 Å². The van der Waals surface area contributed by atoms with E-state index in [1.807, 2.05) is 6.07 Å². The first kappa shape index (κ1) is 22.1. The summed E-state index contributed by atoms with van der Waals surface area (Å²) in [5.74, 6) is 0.306. The predicted octanol–water partition coefficient (Wildman–Crippen LogP) is 2.86. The molecule has 2 heterocycles. The fourth-order valence-electron chi connectivity index (χ4n) is 3.73. The first-order valence-corrected chi connectivity index (χ1v) is 12.0. The number of nitriles is 1. The summed E-state index contributed by atoms with van der Waals surface area (Å²) in [5.41, 5.74) is 1.34. The van der Waals surface area contributed by atoms with Crippen LogP contribution in [-0.4, -0.2) is 45.0 Å². The maximum Gasteiger partial charge on any atom is 0.309 e. The molecule has 0 aromatic heterocycles. The molecule has 0 atom stereocenters. The highest BCUT2D eigenvalue weighted by atomic mass is 32.2. The second-order valence-electron chi connectivity index (χ2n) is 7.75. The minimum Gasteiger partial charge on any atom is -0.490 e. The van der Waals surface area contributed by atoms with Crippen molar-refractivity contribution in [2.45, 2.75) is 30.8 Å². The van der Waals surface area contributed by atoms with E-state index in [1.165, 1.54) is 16.4 Å². The minimum atomic E-state index is -3.70. The van der Waals surface area contributed by atoms with Crippen LogP contribution >= 0.6 is 0 Å². The Bertz CT molecular complexity index is 1120. The summed E-state index contributed by atoms with van der Waals surface area (Å²) in [6, 6.07) is 13.5. The third-order valence-electron chi connectivity index (χ3n) is 5.61. The minimum absolute atomic E-state index is 0.125. The molecule has 2 aliphatic rings. The van der Waals surface area contributed by atoms with E-state index in [0.717, 1.165) is 12.0 Å². The summed E-state index contributed by atoms with van der Waals surface area (Å²) in [6.07, 6.45) is 1.54.